The third kappa shape index (κ3) is 1.67. The zero-order valence-corrected chi connectivity index (χ0v) is 9.37. The van der Waals surface area contributed by atoms with E-state index < -0.39 is 4.92 Å². The maximum absolute atomic E-state index is 11.1. The van der Waals surface area contributed by atoms with Crippen molar-refractivity contribution < 1.29 is 9.66 Å². The monoisotopic (exact) mass is 243 g/mol. The molecule has 0 fully saturated rings. The Morgan fingerprint density at radius 2 is 2.17 bits per heavy atom. The number of benzene rings is 1. The fraction of sp³-hybridized carbons (Fsp3) is 0.167. The number of pyridine rings is 1. The third-order valence-electron chi connectivity index (χ3n) is 2.70. The van der Waals surface area contributed by atoms with Gasteiger partial charge in [-0.2, -0.15) is 0 Å². The van der Waals surface area contributed by atoms with Crippen molar-refractivity contribution in [3.05, 3.63) is 46.1 Å². The van der Waals surface area contributed by atoms with Crippen molar-refractivity contribution in [2.75, 3.05) is 13.2 Å². The highest BCUT2D eigenvalue weighted by atomic mass is 16.6. The third-order valence-corrected chi connectivity index (χ3v) is 2.70. The lowest BCUT2D eigenvalue weighted by atomic mass is 10.1. The van der Waals surface area contributed by atoms with Crippen molar-refractivity contribution in [3.8, 4) is 0 Å². The predicted octanol–water partition coefficient (Wildman–Crippen LogP) is 1.92. The van der Waals surface area contributed by atoms with E-state index in [1.54, 1.807) is 24.3 Å². The van der Waals surface area contributed by atoms with E-state index >= 15 is 0 Å². The molecule has 2 aromatic rings. The van der Waals surface area contributed by atoms with Gasteiger partial charge in [0.15, 0.2) is 0 Å². The Morgan fingerprint density at radius 3 is 2.89 bits per heavy atom. The summed E-state index contributed by atoms with van der Waals surface area (Å²) in [6.45, 7) is 1.06. The molecule has 6 heteroatoms. The van der Waals surface area contributed by atoms with Crippen LogP contribution in [0, 0.1) is 10.1 Å². The highest BCUT2D eigenvalue weighted by Gasteiger charge is 2.19. The Balaban J connectivity index is 2.26. The van der Waals surface area contributed by atoms with E-state index in [1.807, 2.05) is 0 Å². The molecule has 0 unspecified atom stereocenters. The summed E-state index contributed by atoms with van der Waals surface area (Å²) in [6.07, 6.45) is 0. The Hall–Kier alpha value is -2.50. The first kappa shape index (κ1) is 10.6. The molecule has 0 atom stereocenters. The van der Waals surface area contributed by atoms with Gasteiger partial charge in [0, 0.05) is 6.07 Å². The molecule has 6 nitrogen and oxygen atoms in total. The van der Waals surface area contributed by atoms with Crippen LogP contribution in [-0.4, -0.2) is 29.0 Å². The lowest BCUT2D eigenvalue weighted by molar-refractivity contribution is -0.383. The second-order valence-corrected chi connectivity index (χ2v) is 3.84. The van der Waals surface area contributed by atoms with Crippen molar-refractivity contribution in [2.45, 2.75) is 0 Å². The lowest BCUT2D eigenvalue weighted by Gasteiger charge is -2.04. The van der Waals surface area contributed by atoms with Crippen LogP contribution in [0.25, 0.3) is 10.9 Å². The van der Waals surface area contributed by atoms with Gasteiger partial charge in [0.1, 0.15) is 12.3 Å². The van der Waals surface area contributed by atoms with Crippen LogP contribution >= 0.6 is 0 Å². The molecule has 3 rings (SSSR count). The normalized spacial score (nSPS) is 14.3. The highest BCUT2D eigenvalue weighted by Crippen LogP contribution is 2.25. The molecule has 0 N–H and O–H groups in total. The van der Waals surface area contributed by atoms with Gasteiger partial charge in [-0.15, -0.1) is 0 Å². The van der Waals surface area contributed by atoms with Crippen LogP contribution in [0.15, 0.2) is 35.3 Å². The summed E-state index contributed by atoms with van der Waals surface area (Å²) < 4.78 is 5.29. The second-order valence-electron chi connectivity index (χ2n) is 3.84. The van der Waals surface area contributed by atoms with Gasteiger partial charge >= 0.3 is 0 Å². The van der Waals surface area contributed by atoms with E-state index in [-0.39, 0.29) is 5.69 Å². The number of aromatic nitrogens is 1. The van der Waals surface area contributed by atoms with Crippen molar-refractivity contribution in [1.29, 1.82) is 0 Å². The van der Waals surface area contributed by atoms with Crippen LogP contribution in [0.1, 0.15) is 5.69 Å². The average Bonchev–Trinajstić information content (AvgIpc) is 2.91. The Kier molecular flexibility index (Phi) is 2.40. The fourth-order valence-corrected chi connectivity index (χ4v) is 1.91. The van der Waals surface area contributed by atoms with Gasteiger partial charge in [-0.3, -0.25) is 10.1 Å². The van der Waals surface area contributed by atoms with E-state index in [2.05, 4.69) is 9.98 Å². The molecule has 1 aromatic heterocycles. The molecular formula is C12H9N3O3. The van der Waals surface area contributed by atoms with E-state index in [1.165, 1.54) is 6.07 Å². The summed E-state index contributed by atoms with van der Waals surface area (Å²) in [7, 11) is 0. The standard InChI is InChI=1S/C12H9N3O3/c16-15(17)11-7-10(12-13-5-6-18-12)14-9-4-2-1-3-8(9)11/h1-4,7H,5-6H2. The summed E-state index contributed by atoms with van der Waals surface area (Å²) in [5.74, 6) is 0.379. The molecule has 1 aromatic carbocycles. The molecule has 1 aliphatic rings. The molecular weight excluding hydrogens is 234 g/mol. The van der Waals surface area contributed by atoms with Crippen LogP contribution in [0.5, 0.6) is 0 Å². The summed E-state index contributed by atoms with van der Waals surface area (Å²) in [5, 5.41) is 11.6. The Bertz CT molecular complexity index is 667. The first-order valence-corrected chi connectivity index (χ1v) is 5.47. The van der Waals surface area contributed by atoms with Crippen LogP contribution in [0.2, 0.25) is 0 Å². The van der Waals surface area contributed by atoms with Gasteiger partial charge in [0.05, 0.1) is 22.4 Å². The zero-order chi connectivity index (χ0) is 12.5. The number of para-hydroxylation sites is 1. The predicted molar refractivity (Wildman–Crippen MR) is 65.8 cm³/mol. The first-order chi connectivity index (χ1) is 8.75. The van der Waals surface area contributed by atoms with E-state index in [0.717, 1.165) is 0 Å². The van der Waals surface area contributed by atoms with Gasteiger partial charge in [0.25, 0.3) is 5.69 Å². The molecule has 0 radical (unpaired) electrons. The molecule has 0 saturated carbocycles. The van der Waals surface area contributed by atoms with Crippen LogP contribution in [-0.2, 0) is 4.74 Å². The largest absolute Gasteiger partial charge is 0.474 e. The van der Waals surface area contributed by atoms with Gasteiger partial charge in [-0.1, -0.05) is 12.1 Å². The molecule has 0 saturated heterocycles. The van der Waals surface area contributed by atoms with Crippen LogP contribution in [0.4, 0.5) is 5.69 Å². The molecule has 2 heterocycles. The van der Waals surface area contributed by atoms with Crippen molar-refractivity contribution >= 4 is 22.5 Å². The summed E-state index contributed by atoms with van der Waals surface area (Å²) in [6, 6.07) is 8.37. The van der Waals surface area contributed by atoms with Gasteiger partial charge in [-0.05, 0) is 12.1 Å². The number of hydrogen-bond acceptors (Lipinski definition) is 5. The summed E-state index contributed by atoms with van der Waals surface area (Å²) >= 11 is 0. The van der Waals surface area contributed by atoms with Crippen LogP contribution < -0.4 is 0 Å². The van der Waals surface area contributed by atoms with E-state index in [0.29, 0.717) is 35.6 Å². The number of rotatable bonds is 2. The van der Waals surface area contributed by atoms with E-state index in [9.17, 15) is 10.1 Å². The SMILES string of the molecule is O=[N+]([O-])c1cc(C2=NCCO2)nc2ccccc12. The average molecular weight is 243 g/mol. The van der Waals surface area contributed by atoms with Gasteiger partial charge < -0.3 is 4.74 Å². The summed E-state index contributed by atoms with van der Waals surface area (Å²) in [4.78, 5) is 19.1. The number of aliphatic imine (C=N–C) groups is 1. The quantitative estimate of drug-likeness (QED) is 0.596. The van der Waals surface area contributed by atoms with Gasteiger partial charge in [-0.25, -0.2) is 9.98 Å². The van der Waals surface area contributed by atoms with E-state index in [4.69, 9.17) is 4.74 Å². The number of fused-ring (bicyclic) bond motifs is 1. The number of nitro groups is 1. The van der Waals surface area contributed by atoms with Crippen molar-refractivity contribution in [2.24, 2.45) is 4.99 Å². The number of nitrogens with zero attached hydrogens (tertiary/aromatic N) is 3. The maximum atomic E-state index is 11.1. The molecule has 0 spiro atoms. The number of ether oxygens (including phenoxy) is 1. The van der Waals surface area contributed by atoms with Crippen molar-refractivity contribution in [3.63, 3.8) is 0 Å². The molecule has 0 amide bonds. The minimum absolute atomic E-state index is 0.0220. The molecule has 1 aliphatic heterocycles. The molecule has 90 valence electrons. The Labute approximate surface area is 102 Å². The topological polar surface area (TPSA) is 77.6 Å². The zero-order valence-electron chi connectivity index (χ0n) is 9.37. The smallest absolute Gasteiger partial charge is 0.281 e. The second kappa shape index (κ2) is 4.06. The van der Waals surface area contributed by atoms with Gasteiger partial charge in [0.2, 0.25) is 5.90 Å². The minimum Gasteiger partial charge on any atom is -0.474 e. The Morgan fingerprint density at radius 1 is 1.33 bits per heavy atom. The molecule has 18 heavy (non-hydrogen) atoms. The number of hydrogen-bond donors (Lipinski definition) is 0. The minimum atomic E-state index is -0.414. The lowest BCUT2D eigenvalue weighted by Crippen LogP contribution is -2.05. The fourth-order valence-electron chi connectivity index (χ4n) is 1.91. The molecule has 0 aliphatic carbocycles. The van der Waals surface area contributed by atoms with Crippen LogP contribution in [0.3, 0.4) is 0 Å². The molecule has 0 bridgehead atoms. The maximum Gasteiger partial charge on any atom is 0.281 e. The van der Waals surface area contributed by atoms with Crippen molar-refractivity contribution in [1.82, 2.24) is 4.98 Å². The highest BCUT2D eigenvalue weighted by molar-refractivity contribution is 5.98. The first-order valence-electron chi connectivity index (χ1n) is 5.47. The summed E-state index contributed by atoms with van der Waals surface area (Å²) in [5.41, 5.74) is 1.01.